The van der Waals surface area contributed by atoms with E-state index in [-0.39, 0.29) is 5.92 Å². The molecule has 0 saturated heterocycles. The van der Waals surface area contributed by atoms with Crippen molar-refractivity contribution in [2.45, 2.75) is 19.8 Å². The number of carboxylic acids is 1. The summed E-state index contributed by atoms with van der Waals surface area (Å²) in [5, 5.41) is 8.92. The van der Waals surface area contributed by atoms with Crippen molar-refractivity contribution in [1.29, 1.82) is 0 Å². The van der Waals surface area contributed by atoms with Gasteiger partial charge in [0.05, 0.1) is 5.56 Å². The van der Waals surface area contributed by atoms with Gasteiger partial charge in [0.15, 0.2) is 0 Å². The van der Waals surface area contributed by atoms with Crippen LogP contribution >= 0.6 is 15.9 Å². The van der Waals surface area contributed by atoms with E-state index in [1.807, 2.05) is 19.9 Å². The van der Waals surface area contributed by atoms with Crippen LogP contribution in [-0.4, -0.2) is 11.1 Å². The molecule has 0 bridgehead atoms. The highest BCUT2D eigenvalue weighted by Gasteiger charge is 2.14. The second kappa shape index (κ2) is 3.92. The third-order valence-corrected chi connectivity index (χ3v) is 2.55. The fraction of sp³-hybridized carbons (Fsp3) is 0.300. The van der Waals surface area contributed by atoms with Gasteiger partial charge in [0.25, 0.3) is 0 Å². The van der Waals surface area contributed by atoms with Crippen molar-refractivity contribution in [3.63, 3.8) is 0 Å². The minimum Gasteiger partial charge on any atom is -0.478 e. The highest BCUT2D eigenvalue weighted by Crippen LogP contribution is 2.27. The van der Waals surface area contributed by atoms with E-state index in [1.54, 1.807) is 12.1 Å². The number of halogens is 1. The van der Waals surface area contributed by atoms with Crippen LogP contribution in [0.4, 0.5) is 0 Å². The van der Waals surface area contributed by atoms with E-state index in [4.69, 9.17) is 5.11 Å². The van der Waals surface area contributed by atoms with Gasteiger partial charge >= 0.3 is 5.97 Å². The molecule has 0 amide bonds. The topological polar surface area (TPSA) is 37.3 Å². The lowest BCUT2D eigenvalue weighted by atomic mass is 9.97. The third-order valence-electron chi connectivity index (χ3n) is 1.86. The highest BCUT2D eigenvalue weighted by molar-refractivity contribution is 9.10. The van der Waals surface area contributed by atoms with E-state index in [0.29, 0.717) is 5.56 Å². The predicted octanol–water partition coefficient (Wildman–Crippen LogP) is 3.27. The first kappa shape index (κ1) is 10.3. The molecule has 1 aromatic rings. The summed E-state index contributed by atoms with van der Waals surface area (Å²) in [7, 11) is 0. The summed E-state index contributed by atoms with van der Waals surface area (Å²) < 4.78 is 0.863. The molecular weight excluding hydrogens is 232 g/mol. The standard InChI is InChI=1S/C10H11BrO2/c1-6(2)9-7(10(12)13)4-3-5-8(9)11/h3-6H,1-2H3,(H,12,13). The lowest BCUT2D eigenvalue weighted by Crippen LogP contribution is -2.04. The van der Waals surface area contributed by atoms with Crippen molar-refractivity contribution in [2.75, 3.05) is 0 Å². The molecule has 0 radical (unpaired) electrons. The first-order valence-corrected chi connectivity index (χ1v) is 4.85. The molecular formula is C10H11BrO2. The summed E-state index contributed by atoms with van der Waals surface area (Å²) in [6.45, 7) is 3.96. The molecule has 1 aromatic carbocycles. The van der Waals surface area contributed by atoms with Gasteiger partial charge in [-0.1, -0.05) is 35.8 Å². The second-order valence-corrected chi connectivity index (χ2v) is 4.02. The Hall–Kier alpha value is -0.830. The Bertz CT molecular complexity index is 332. The molecule has 70 valence electrons. The molecule has 1 rings (SSSR count). The van der Waals surface area contributed by atoms with Gasteiger partial charge in [0, 0.05) is 4.47 Å². The number of rotatable bonds is 2. The Balaban J connectivity index is 3.34. The van der Waals surface area contributed by atoms with E-state index < -0.39 is 5.97 Å². The van der Waals surface area contributed by atoms with Crippen molar-refractivity contribution >= 4 is 21.9 Å². The van der Waals surface area contributed by atoms with Crippen molar-refractivity contribution in [3.8, 4) is 0 Å². The molecule has 2 nitrogen and oxygen atoms in total. The lowest BCUT2D eigenvalue weighted by molar-refractivity contribution is 0.0695. The number of hydrogen-bond acceptors (Lipinski definition) is 1. The maximum Gasteiger partial charge on any atom is 0.336 e. The molecule has 0 atom stereocenters. The van der Waals surface area contributed by atoms with Gasteiger partial charge in [0.1, 0.15) is 0 Å². The normalized spacial score (nSPS) is 10.5. The monoisotopic (exact) mass is 242 g/mol. The van der Waals surface area contributed by atoms with E-state index in [9.17, 15) is 4.79 Å². The number of benzene rings is 1. The van der Waals surface area contributed by atoms with Crippen molar-refractivity contribution < 1.29 is 9.90 Å². The molecule has 0 aliphatic rings. The molecule has 0 saturated carbocycles. The minimum atomic E-state index is -0.870. The largest absolute Gasteiger partial charge is 0.478 e. The number of carboxylic acid groups (broad SMARTS) is 1. The van der Waals surface area contributed by atoms with Crippen LogP contribution in [0.5, 0.6) is 0 Å². The van der Waals surface area contributed by atoms with Crippen LogP contribution in [-0.2, 0) is 0 Å². The number of aromatic carboxylic acids is 1. The quantitative estimate of drug-likeness (QED) is 0.865. The SMILES string of the molecule is CC(C)c1c(Br)cccc1C(=O)O. The van der Waals surface area contributed by atoms with E-state index in [1.165, 1.54) is 0 Å². The second-order valence-electron chi connectivity index (χ2n) is 3.16. The van der Waals surface area contributed by atoms with Crippen LogP contribution in [0.25, 0.3) is 0 Å². The van der Waals surface area contributed by atoms with Crippen LogP contribution in [0.3, 0.4) is 0 Å². The zero-order valence-electron chi connectivity index (χ0n) is 7.54. The van der Waals surface area contributed by atoms with Crippen LogP contribution < -0.4 is 0 Å². The summed E-state index contributed by atoms with van der Waals surface area (Å²) >= 11 is 3.35. The maximum absolute atomic E-state index is 10.9. The molecule has 0 aliphatic carbocycles. The average molecular weight is 243 g/mol. The molecule has 0 heterocycles. The first-order valence-electron chi connectivity index (χ1n) is 4.05. The average Bonchev–Trinajstić information content (AvgIpc) is 2.02. The Morgan fingerprint density at radius 2 is 2.08 bits per heavy atom. The fourth-order valence-corrected chi connectivity index (χ4v) is 2.13. The molecule has 0 spiro atoms. The van der Waals surface area contributed by atoms with Crippen molar-refractivity contribution in [3.05, 3.63) is 33.8 Å². The van der Waals surface area contributed by atoms with Crippen LogP contribution in [0.15, 0.2) is 22.7 Å². The van der Waals surface area contributed by atoms with Gasteiger partial charge in [0.2, 0.25) is 0 Å². The molecule has 0 fully saturated rings. The van der Waals surface area contributed by atoms with Gasteiger partial charge < -0.3 is 5.11 Å². The Morgan fingerprint density at radius 3 is 2.46 bits per heavy atom. The lowest BCUT2D eigenvalue weighted by Gasteiger charge is -2.11. The van der Waals surface area contributed by atoms with Crippen molar-refractivity contribution in [1.82, 2.24) is 0 Å². The molecule has 1 N–H and O–H groups in total. The van der Waals surface area contributed by atoms with Crippen LogP contribution in [0.2, 0.25) is 0 Å². The molecule has 0 unspecified atom stereocenters. The van der Waals surface area contributed by atoms with Crippen LogP contribution in [0.1, 0.15) is 35.7 Å². The molecule has 0 aromatic heterocycles. The fourth-order valence-electron chi connectivity index (χ4n) is 1.31. The summed E-state index contributed by atoms with van der Waals surface area (Å²) in [5.41, 5.74) is 1.24. The van der Waals surface area contributed by atoms with Gasteiger partial charge in [-0.3, -0.25) is 0 Å². The Labute approximate surface area is 85.7 Å². The third kappa shape index (κ3) is 2.10. The zero-order chi connectivity index (χ0) is 10.0. The smallest absolute Gasteiger partial charge is 0.336 e. The van der Waals surface area contributed by atoms with Gasteiger partial charge in [-0.05, 0) is 23.6 Å². The number of carbonyl (C=O) groups is 1. The first-order chi connectivity index (χ1) is 6.04. The van der Waals surface area contributed by atoms with Gasteiger partial charge in [-0.25, -0.2) is 4.79 Å². The molecule has 3 heteroatoms. The van der Waals surface area contributed by atoms with Gasteiger partial charge in [-0.2, -0.15) is 0 Å². The van der Waals surface area contributed by atoms with Gasteiger partial charge in [-0.15, -0.1) is 0 Å². The highest BCUT2D eigenvalue weighted by atomic mass is 79.9. The van der Waals surface area contributed by atoms with Crippen LogP contribution in [0, 0.1) is 0 Å². The molecule has 0 aliphatic heterocycles. The summed E-state index contributed by atoms with van der Waals surface area (Å²) in [5.74, 6) is -0.660. The zero-order valence-corrected chi connectivity index (χ0v) is 9.13. The summed E-state index contributed by atoms with van der Waals surface area (Å²) in [4.78, 5) is 10.9. The predicted molar refractivity (Wildman–Crippen MR) is 55.2 cm³/mol. The summed E-state index contributed by atoms with van der Waals surface area (Å²) in [6.07, 6.45) is 0. The van der Waals surface area contributed by atoms with Crippen molar-refractivity contribution in [2.24, 2.45) is 0 Å². The Kier molecular flexibility index (Phi) is 3.09. The number of hydrogen-bond donors (Lipinski definition) is 1. The minimum absolute atomic E-state index is 0.210. The maximum atomic E-state index is 10.9. The van der Waals surface area contributed by atoms with E-state index in [0.717, 1.165) is 10.0 Å². The van der Waals surface area contributed by atoms with E-state index in [2.05, 4.69) is 15.9 Å². The Morgan fingerprint density at radius 1 is 1.46 bits per heavy atom. The van der Waals surface area contributed by atoms with E-state index >= 15 is 0 Å². The summed E-state index contributed by atoms with van der Waals surface area (Å²) in [6, 6.07) is 5.23. The molecule has 13 heavy (non-hydrogen) atoms.